The van der Waals surface area contributed by atoms with E-state index in [0.29, 0.717) is 0 Å². The molecule has 1 fully saturated rings. The molecule has 23 heavy (non-hydrogen) atoms. The standard InChI is InChI=1S/C18H19IO4/c1-18(2,12-5-7-13(19)8-6-12)23-17(22)15-11-4-3-10(9-11)14(15)16(20)21/h3-8,10-11,14-15H,9H2,1-2H3,(H,20,21). The van der Waals surface area contributed by atoms with Crippen molar-refractivity contribution in [2.24, 2.45) is 23.7 Å². The summed E-state index contributed by atoms with van der Waals surface area (Å²) in [6.45, 7) is 3.68. The number of allylic oxidation sites excluding steroid dienone is 2. The number of hydrogen-bond acceptors (Lipinski definition) is 3. The van der Waals surface area contributed by atoms with Crippen LogP contribution < -0.4 is 0 Å². The van der Waals surface area contributed by atoms with Crippen LogP contribution in [0.3, 0.4) is 0 Å². The van der Waals surface area contributed by atoms with Crippen molar-refractivity contribution in [1.82, 2.24) is 0 Å². The number of ether oxygens (including phenoxy) is 1. The number of halogens is 1. The van der Waals surface area contributed by atoms with Gasteiger partial charge in [0.15, 0.2) is 0 Å². The molecule has 2 aliphatic rings. The minimum Gasteiger partial charge on any atom is -0.481 e. The Morgan fingerprint density at radius 1 is 1.13 bits per heavy atom. The molecule has 3 rings (SSSR count). The molecule has 2 bridgehead atoms. The van der Waals surface area contributed by atoms with Crippen molar-refractivity contribution in [2.75, 3.05) is 0 Å². The molecule has 1 N–H and O–H groups in total. The molecule has 0 aliphatic heterocycles. The number of carbonyl (C=O) groups excluding carboxylic acids is 1. The summed E-state index contributed by atoms with van der Waals surface area (Å²) in [6.07, 6.45) is 4.63. The van der Waals surface area contributed by atoms with Crippen LogP contribution in [0, 0.1) is 27.2 Å². The molecule has 4 unspecified atom stereocenters. The molecule has 0 amide bonds. The zero-order valence-electron chi connectivity index (χ0n) is 13.0. The van der Waals surface area contributed by atoms with Crippen LogP contribution >= 0.6 is 22.6 Å². The van der Waals surface area contributed by atoms with Gasteiger partial charge >= 0.3 is 11.9 Å². The molecule has 0 heterocycles. The predicted octanol–water partition coefficient (Wildman–Crippen LogP) is 3.59. The van der Waals surface area contributed by atoms with Crippen LogP contribution in [0.1, 0.15) is 25.8 Å². The van der Waals surface area contributed by atoms with Crippen LogP contribution in [0.4, 0.5) is 0 Å². The Balaban J connectivity index is 1.79. The van der Waals surface area contributed by atoms with Crippen molar-refractivity contribution in [3.05, 3.63) is 45.6 Å². The number of hydrogen-bond donors (Lipinski definition) is 1. The van der Waals surface area contributed by atoms with Crippen molar-refractivity contribution in [3.63, 3.8) is 0 Å². The summed E-state index contributed by atoms with van der Waals surface area (Å²) in [6, 6.07) is 7.80. The molecule has 0 aromatic heterocycles. The van der Waals surface area contributed by atoms with Gasteiger partial charge in [-0.3, -0.25) is 9.59 Å². The zero-order chi connectivity index (χ0) is 16.8. The largest absolute Gasteiger partial charge is 0.481 e. The first-order valence-corrected chi connectivity index (χ1v) is 8.77. The Morgan fingerprint density at radius 3 is 2.26 bits per heavy atom. The van der Waals surface area contributed by atoms with Gasteiger partial charge in [0.1, 0.15) is 5.60 Å². The van der Waals surface area contributed by atoms with E-state index in [1.54, 1.807) is 0 Å². The quantitative estimate of drug-likeness (QED) is 0.454. The van der Waals surface area contributed by atoms with Gasteiger partial charge in [-0.1, -0.05) is 24.3 Å². The normalized spacial score (nSPS) is 28.8. The highest BCUT2D eigenvalue weighted by atomic mass is 127. The molecule has 1 saturated carbocycles. The van der Waals surface area contributed by atoms with Crippen LogP contribution in [-0.2, 0) is 19.9 Å². The highest BCUT2D eigenvalue weighted by molar-refractivity contribution is 14.1. The van der Waals surface area contributed by atoms with Crippen LogP contribution in [0.15, 0.2) is 36.4 Å². The first kappa shape index (κ1) is 16.5. The number of carboxylic acids is 1. The van der Waals surface area contributed by atoms with E-state index in [0.717, 1.165) is 15.6 Å². The van der Waals surface area contributed by atoms with Gasteiger partial charge in [-0.15, -0.1) is 0 Å². The maximum absolute atomic E-state index is 12.7. The molecule has 2 aliphatic carbocycles. The first-order valence-electron chi connectivity index (χ1n) is 7.69. The van der Waals surface area contributed by atoms with Crippen molar-refractivity contribution in [3.8, 4) is 0 Å². The van der Waals surface area contributed by atoms with E-state index in [-0.39, 0.29) is 11.8 Å². The molecular formula is C18H19IO4. The monoisotopic (exact) mass is 426 g/mol. The zero-order valence-corrected chi connectivity index (χ0v) is 15.2. The minimum atomic E-state index is -0.907. The van der Waals surface area contributed by atoms with Gasteiger partial charge in [0, 0.05) is 3.57 Å². The van der Waals surface area contributed by atoms with Crippen molar-refractivity contribution >= 4 is 34.5 Å². The summed E-state index contributed by atoms with van der Waals surface area (Å²) < 4.78 is 6.85. The summed E-state index contributed by atoms with van der Waals surface area (Å²) in [5.74, 6) is -2.61. The number of carbonyl (C=O) groups is 2. The van der Waals surface area contributed by atoms with E-state index in [1.807, 2.05) is 50.3 Å². The van der Waals surface area contributed by atoms with Gasteiger partial charge in [0.25, 0.3) is 0 Å². The van der Waals surface area contributed by atoms with Gasteiger partial charge in [-0.2, -0.15) is 0 Å². The maximum Gasteiger partial charge on any atom is 0.311 e. The number of carboxylic acid groups (broad SMARTS) is 1. The lowest BCUT2D eigenvalue weighted by Gasteiger charge is -2.30. The SMILES string of the molecule is CC(C)(OC(=O)C1C2C=CC(C2)C1C(=O)O)c1ccc(I)cc1. The van der Waals surface area contributed by atoms with Crippen LogP contribution in [0.5, 0.6) is 0 Å². The third kappa shape index (κ3) is 3.03. The molecule has 122 valence electrons. The van der Waals surface area contributed by atoms with Crippen LogP contribution in [-0.4, -0.2) is 17.0 Å². The molecule has 0 radical (unpaired) electrons. The Labute approximate surface area is 149 Å². The topological polar surface area (TPSA) is 63.6 Å². The molecule has 4 atom stereocenters. The Bertz CT molecular complexity index is 662. The van der Waals surface area contributed by atoms with Crippen LogP contribution in [0.25, 0.3) is 0 Å². The summed E-state index contributed by atoms with van der Waals surface area (Å²) in [5, 5.41) is 9.46. The van der Waals surface area contributed by atoms with E-state index >= 15 is 0 Å². The predicted molar refractivity (Wildman–Crippen MR) is 93.6 cm³/mol. The van der Waals surface area contributed by atoms with Gasteiger partial charge < -0.3 is 9.84 Å². The molecular weight excluding hydrogens is 407 g/mol. The Kier molecular flexibility index (Phi) is 4.25. The van der Waals surface area contributed by atoms with Crippen LogP contribution in [0.2, 0.25) is 0 Å². The van der Waals surface area contributed by atoms with Gasteiger partial charge in [-0.25, -0.2) is 0 Å². The summed E-state index contributed by atoms with van der Waals surface area (Å²) in [5.41, 5.74) is 0.118. The van der Waals surface area contributed by atoms with Crippen molar-refractivity contribution in [1.29, 1.82) is 0 Å². The highest BCUT2D eigenvalue weighted by Crippen LogP contribution is 2.49. The van der Waals surface area contributed by atoms with E-state index in [4.69, 9.17) is 4.74 Å². The molecule has 0 saturated heterocycles. The summed E-state index contributed by atoms with van der Waals surface area (Å²) in [4.78, 5) is 24.2. The van der Waals surface area contributed by atoms with Gasteiger partial charge in [0.2, 0.25) is 0 Å². The van der Waals surface area contributed by atoms with Gasteiger partial charge in [0.05, 0.1) is 11.8 Å². The molecule has 0 spiro atoms. The fourth-order valence-corrected chi connectivity index (χ4v) is 4.07. The second-order valence-electron chi connectivity index (χ2n) is 6.78. The lowest BCUT2D eigenvalue weighted by Crippen LogP contribution is -2.37. The average molecular weight is 426 g/mol. The average Bonchev–Trinajstić information content (AvgIpc) is 3.07. The number of esters is 1. The number of rotatable bonds is 4. The Morgan fingerprint density at radius 2 is 1.70 bits per heavy atom. The number of aliphatic carboxylic acids is 1. The van der Waals surface area contributed by atoms with Crippen molar-refractivity contribution in [2.45, 2.75) is 25.9 Å². The molecule has 5 heteroatoms. The van der Waals surface area contributed by atoms with E-state index in [1.165, 1.54) is 0 Å². The third-order valence-electron chi connectivity index (χ3n) is 4.91. The number of benzene rings is 1. The van der Waals surface area contributed by atoms with E-state index in [9.17, 15) is 14.7 Å². The second-order valence-corrected chi connectivity index (χ2v) is 8.02. The molecule has 4 nitrogen and oxygen atoms in total. The number of fused-ring (bicyclic) bond motifs is 2. The molecule has 1 aromatic carbocycles. The first-order chi connectivity index (χ1) is 10.8. The van der Waals surface area contributed by atoms with E-state index < -0.39 is 29.4 Å². The minimum absolute atomic E-state index is 0.0129. The van der Waals surface area contributed by atoms with Crippen molar-refractivity contribution < 1.29 is 19.4 Å². The molecule has 1 aromatic rings. The Hall–Kier alpha value is -1.37. The van der Waals surface area contributed by atoms with Gasteiger partial charge in [-0.05, 0) is 72.4 Å². The lowest BCUT2D eigenvalue weighted by molar-refractivity contribution is -0.169. The fraction of sp³-hybridized carbons (Fsp3) is 0.444. The fourth-order valence-electron chi connectivity index (χ4n) is 3.71. The van der Waals surface area contributed by atoms with E-state index in [2.05, 4.69) is 22.6 Å². The maximum atomic E-state index is 12.7. The third-order valence-corrected chi connectivity index (χ3v) is 5.63. The smallest absolute Gasteiger partial charge is 0.311 e. The highest BCUT2D eigenvalue weighted by Gasteiger charge is 2.53. The summed E-state index contributed by atoms with van der Waals surface area (Å²) >= 11 is 2.22. The summed E-state index contributed by atoms with van der Waals surface area (Å²) in [7, 11) is 0. The lowest BCUT2D eigenvalue weighted by atomic mass is 9.83. The second kappa shape index (κ2) is 5.92.